The SMILES string of the molecule is CC=N/C(Cl)=C(\C)[C@@H]1Oc2cc(OCCCOC)c(C)cc2-c2cc(=O)c(C(=O)O)cn21. The van der Waals surface area contributed by atoms with Gasteiger partial charge >= 0.3 is 5.97 Å². The van der Waals surface area contributed by atoms with Crippen molar-refractivity contribution >= 4 is 23.8 Å². The van der Waals surface area contributed by atoms with Gasteiger partial charge in [0.1, 0.15) is 22.2 Å². The average Bonchev–Trinajstić information content (AvgIpc) is 2.75. The van der Waals surface area contributed by atoms with Gasteiger partial charge in [-0.2, -0.15) is 0 Å². The molecule has 0 amide bonds. The second-order valence-corrected chi connectivity index (χ2v) is 7.65. The van der Waals surface area contributed by atoms with Crippen molar-refractivity contribution in [1.82, 2.24) is 4.57 Å². The molecule has 0 unspecified atom stereocenters. The van der Waals surface area contributed by atoms with Crippen LogP contribution in [0.25, 0.3) is 11.3 Å². The molecule has 1 atom stereocenters. The van der Waals surface area contributed by atoms with Crippen molar-refractivity contribution in [1.29, 1.82) is 0 Å². The Kier molecular flexibility index (Phi) is 7.37. The Morgan fingerprint density at radius 1 is 1.34 bits per heavy atom. The van der Waals surface area contributed by atoms with Gasteiger partial charge < -0.3 is 23.9 Å². The molecule has 32 heavy (non-hydrogen) atoms. The summed E-state index contributed by atoms with van der Waals surface area (Å²) in [5.74, 6) is -0.171. The fourth-order valence-corrected chi connectivity index (χ4v) is 3.61. The molecule has 9 heteroatoms. The van der Waals surface area contributed by atoms with Crippen LogP contribution in [0.4, 0.5) is 0 Å². The standard InChI is InChI=1S/C23H25ClN2O6/c1-5-25-21(24)14(3)22-26-12-16(23(28)29)18(27)10-17(26)15-9-13(2)19(11-20(15)32-22)31-8-6-7-30-4/h5,9-12,22H,6-8H2,1-4H3,(H,28,29)/b21-14+,25-5?/t22-/m0/s1. The highest BCUT2D eigenvalue weighted by Gasteiger charge is 2.30. The molecule has 1 aromatic heterocycles. The minimum Gasteiger partial charge on any atom is -0.493 e. The molecule has 2 aromatic rings. The first-order valence-corrected chi connectivity index (χ1v) is 10.4. The number of halogens is 1. The third-order valence-electron chi connectivity index (χ3n) is 5.04. The Labute approximate surface area is 190 Å². The number of benzene rings is 1. The molecule has 2 heterocycles. The van der Waals surface area contributed by atoms with Gasteiger partial charge in [0.15, 0.2) is 5.43 Å². The van der Waals surface area contributed by atoms with Gasteiger partial charge in [0.2, 0.25) is 6.23 Å². The monoisotopic (exact) mass is 460 g/mol. The van der Waals surface area contributed by atoms with Crippen LogP contribution in [0, 0.1) is 6.92 Å². The van der Waals surface area contributed by atoms with E-state index in [1.807, 2.05) is 13.0 Å². The highest BCUT2D eigenvalue weighted by molar-refractivity contribution is 6.30. The number of aryl methyl sites for hydroxylation is 1. The van der Waals surface area contributed by atoms with E-state index in [2.05, 4.69) is 4.99 Å². The number of aromatic carboxylic acids is 1. The van der Waals surface area contributed by atoms with Crippen molar-refractivity contribution in [2.75, 3.05) is 20.3 Å². The zero-order valence-electron chi connectivity index (χ0n) is 18.3. The van der Waals surface area contributed by atoms with E-state index < -0.39 is 17.6 Å². The summed E-state index contributed by atoms with van der Waals surface area (Å²) in [6.07, 6.45) is 2.77. The number of hydrogen-bond donors (Lipinski definition) is 1. The predicted molar refractivity (Wildman–Crippen MR) is 122 cm³/mol. The smallest absolute Gasteiger partial charge is 0.341 e. The summed E-state index contributed by atoms with van der Waals surface area (Å²) in [4.78, 5) is 28.2. The number of pyridine rings is 1. The maximum Gasteiger partial charge on any atom is 0.341 e. The lowest BCUT2D eigenvalue weighted by molar-refractivity contribution is 0.0693. The highest BCUT2D eigenvalue weighted by Crippen LogP contribution is 2.44. The van der Waals surface area contributed by atoms with Crippen molar-refractivity contribution in [3.8, 4) is 22.8 Å². The van der Waals surface area contributed by atoms with Crippen LogP contribution in [-0.4, -0.2) is 42.2 Å². The summed E-state index contributed by atoms with van der Waals surface area (Å²) < 4.78 is 18.8. The summed E-state index contributed by atoms with van der Waals surface area (Å²) in [6.45, 7) is 6.43. The lowest BCUT2D eigenvalue weighted by atomic mass is 10.0. The first-order valence-electron chi connectivity index (χ1n) is 10.1. The summed E-state index contributed by atoms with van der Waals surface area (Å²) >= 11 is 6.32. The number of hydrogen-bond acceptors (Lipinski definition) is 6. The third kappa shape index (κ3) is 4.71. The molecule has 0 bridgehead atoms. The minimum absolute atomic E-state index is 0.214. The molecule has 170 valence electrons. The van der Waals surface area contributed by atoms with Crippen LogP contribution in [0.5, 0.6) is 11.5 Å². The summed E-state index contributed by atoms with van der Waals surface area (Å²) in [5.41, 5.74) is 1.63. The summed E-state index contributed by atoms with van der Waals surface area (Å²) in [5, 5.41) is 9.65. The Morgan fingerprint density at radius 2 is 2.09 bits per heavy atom. The third-order valence-corrected chi connectivity index (χ3v) is 5.44. The molecule has 1 aromatic carbocycles. The lowest BCUT2D eigenvalue weighted by Gasteiger charge is -2.32. The van der Waals surface area contributed by atoms with Gasteiger partial charge in [-0.25, -0.2) is 9.79 Å². The van der Waals surface area contributed by atoms with Crippen LogP contribution in [-0.2, 0) is 4.74 Å². The van der Waals surface area contributed by atoms with Gasteiger partial charge in [-0.05, 0) is 32.4 Å². The quantitative estimate of drug-likeness (QED) is 0.356. The van der Waals surface area contributed by atoms with Gasteiger partial charge in [-0.3, -0.25) is 4.79 Å². The van der Waals surface area contributed by atoms with Crippen LogP contribution in [0.3, 0.4) is 0 Å². The second kappa shape index (κ2) is 10.0. The van der Waals surface area contributed by atoms with Crippen molar-refractivity contribution in [3.05, 3.63) is 56.5 Å². The molecule has 0 spiro atoms. The first-order chi connectivity index (χ1) is 15.3. The van der Waals surface area contributed by atoms with Crippen LogP contribution in [0.2, 0.25) is 0 Å². The lowest BCUT2D eigenvalue weighted by Crippen LogP contribution is -2.28. The van der Waals surface area contributed by atoms with Crippen LogP contribution in [0.15, 0.2) is 44.9 Å². The van der Waals surface area contributed by atoms with Crippen molar-refractivity contribution in [3.63, 3.8) is 0 Å². The van der Waals surface area contributed by atoms with E-state index in [0.29, 0.717) is 41.5 Å². The van der Waals surface area contributed by atoms with E-state index in [0.717, 1.165) is 12.0 Å². The number of carbonyl (C=O) groups is 1. The molecule has 0 aliphatic carbocycles. The van der Waals surface area contributed by atoms with Crippen LogP contribution < -0.4 is 14.9 Å². The van der Waals surface area contributed by atoms with Gasteiger partial charge in [0.25, 0.3) is 0 Å². The van der Waals surface area contributed by atoms with E-state index in [9.17, 15) is 14.7 Å². The normalized spacial score (nSPS) is 15.6. The van der Waals surface area contributed by atoms with E-state index >= 15 is 0 Å². The summed E-state index contributed by atoms with van der Waals surface area (Å²) in [7, 11) is 1.64. The fraction of sp³-hybridized carbons (Fsp3) is 0.348. The molecule has 0 saturated heterocycles. The molecule has 1 aliphatic rings. The average molecular weight is 461 g/mol. The maximum atomic E-state index is 12.5. The molecule has 0 saturated carbocycles. The summed E-state index contributed by atoms with van der Waals surface area (Å²) in [6, 6.07) is 4.93. The number of rotatable bonds is 8. The molecule has 1 N–H and O–H groups in total. The zero-order chi connectivity index (χ0) is 23.4. The Hall–Kier alpha value is -3.10. The van der Waals surface area contributed by atoms with E-state index in [1.165, 1.54) is 12.3 Å². The first kappa shape index (κ1) is 23.6. The number of aliphatic imine (C=N–C) groups is 1. The Balaban J connectivity index is 2.16. The topological polar surface area (TPSA) is 99.3 Å². The van der Waals surface area contributed by atoms with E-state index in [-0.39, 0.29) is 10.7 Å². The molecule has 0 radical (unpaired) electrons. The Morgan fingerprint density at radius 3 is 2.75 bits per heavy atom. The van der Waals surface area contributed by atoms with Gasteiger partial charge in [0, 0.05) is 55.8 Å². The number of carboxylic acid groups (broad SMARTS) is 1. The zero-order valence-corrected chi connectivity index (χ0v) is 19.1. The Bertz CT molecular complexity index is 1150. The van der Waals surface area contributed by atoms with Crippen molar-refractivity contribution in [2.45, 2.75) is 33.4 Å². The second-order valence-electron chi connectivity index (χ2n) is 7.29. The van der Waals surface area contributed by atoms with Crippen molar-refractivity contribution in [2.24, 2.45) is 4.99 Å². The van der Waals surface area contributed by atoms with Crippen LogP contribution in [0.1, 0.15) is 42.4 Å². The number of ether oxygens (including phenoxy) is 3. The number of carboxylic acids is 1. The van der Waals surface area contributed by atoms with E-state index in [1.54, 1.807) is 37.8 Å². The number of fused-ring (bicyclic) bond motifs is 3. The fourth-order valence-electron chi connectivity index (χ4n) is 3.42. The number of aromatic nitrogens is 1. The largest absolute Gasteiger partial charge is 0.493 e. The van der Waals surface area contributed by atoms with Gasteiger partial charge in [0.05, 0.1) is 12.3 Å². The molecule has 8 nitrogen and oxygen atoms in total. The number of methoxy groups -OCH3 is 1. The predicted octanol–water partition coefficient (Wildman–Crippen LogP) is 4.39. The molecule has 0 fully saturated rings. The van der Waals surface area contributed by atoms with Crippen molar-refractivity contribution < 1.29 is 24.1 Å². The highest BCUT2D eigenvalue weighted by atomic mass is 35.5. The van der Waals surface area contributed by atoms with Gasteiger partial charge in [-0.1, -0.05) is 11.6 Å². The molecule has 1 aliphatic heterocycles. The van der Waals surface area contributed by atoms with Gasteiger partial charge in [-0.15, -0.1) is 0 Å². The minimum atomic E-state index is -1.31. The maximum absolute atomic E-state index is 12.5. The molecule has 3 rings (SSSR count). The van der Waals surface area contributed by atoms with Crippen LogP contribution >= 0.6 is 11.6 Å². The van der Waals surface area contributed by atoms with E-state index in [4.69, 9.17) is 25.8 Å². The number of nitrogens with zero attached hydrogens (tertiary/aromatic N) is 2. The molecular weight excluding hydrogens is 436 g/mol. The molecular formula is C23H25ClN2O6.